The molecule has 1 aliphatic rings. The van der Waals surface area contributed by atoms with Crippen molar-refractivity contribution in [2.45, 2.75) is 31.8 Å². The van der Waals surface area contributed by atoms with Crippen molar-refractivity contribution in [3.05, 3.63) is 0 Å². The molecule has 0 spiro atoms. The second kappa shape index (κ2) is 4.15. The van der Waals surface area contributed by atoms with Gasteiger partial charge in [0.25, 0.3) is 0 Å². The van der Waals surface area contributed by atoms with Crippen molar-refractivity contribution in [1.82, 2.24) is 0 Å². The van der Waals surface area contributed by atoms with E-state index in [0.717, 1.165) is 19.3 Å². The molecule has 60 valence electrons. The minimum absolute atomic E-state index is 0.209. The molecule has 0 aromatic rings. The molecule has 0 unspecified atom stereocenters. The van der Waals surface area contributed by atoms with E-state index in [1.54, 1.807) is 0 Å². The Morgan fingerprint density at radius 3 is 3.09 bits per heavy atom. The van der Waals surface area contributed by atoms with Gasteiger partial charge in [-0.1, -0.05) is 5.92 Å². The van der Waals surface area contributed by atoms with Crippen molar-refractivity contribution in [3.63, 3.8) is 0 Å². The summed E-state index contributed by atoms with van der Waals surface area (Å²) in [6, 6.07) is 0. The third kappa shape index (κ3) is 2.36. The average molecular weight is 152 g/mol. The van der Waals surface area contributed by atoms with E-state index in [-0.39, 0.29) is 18.5 Å². The summed E-state index contributed by atoms with van der Waals surface area (Å²) < 4.78 is 5.16. The molecule has 0 aromatic carbocycles. The molecule has 1 rings (SSSR count). The van der Waals surface area contributed by atoms with Gasteiger partial charge in [-0.25, -0.2) is 0 Å². The fraction of sp³-hybridized carbons (Fsp3) is 0.667. The van der Waals surface area contributed by atoms with E-state index in [2.05, 4.69) is 5.92 Å². The summed E-state index contributed by atoms with van der Waals surface area (Å²) in [4.78, 5) is 11.1. The smallest absolute Gasteiger partial charge is 0.161 e. The lowest BCUT2D eigenvalue weighted by molar-refractivity contribution is -0.132. The molecule has 1 atom stereocenters. The lowest BCUT2D eigenvalue weighted by Crippen LogP contribution is -2.27. The average Bonchev–Trinajstić information content (AvgIpc) is 2.03. The van der Waals surface area contributed by atoms with E-state index >= 15 is 0 Å². The van der Waals surface area contributed by atoms with Crippen LogP contribution < -0.4 is 0 Å². The quantitative estimate of drug-likeness (QED) is 0.555. The maximum atomic E-state index is 11.1. The predicted octanol–water partition coefficient (Wildman–Crippen LogP) is 1.15. The van der Waals surface area contributed by atoms with Gasteiger partial charge in [-0.3, -0.25) is 4.79 Å². The van der Waals surface area contributed by atoms with Gasteiger partial charge in [0.05, 0.1) is 0 Å². The number of ether oxygens (including phenoxy) is 1. The minimum atomic E-state index is -0.209. The summed E-state index contributed by atoms with van der Waals surface area (Å²) in [5.41, 5.74) is 0. The monoisotopic (exact) mass is 152 g/mol. The first kappa shape index (κ1) is 8.29. The van der Waals surface area contributed by atoms with E-state index < -0.39 is 0 Å². The van der Waals surface area contributed by atoms with Crippen LogP contribution in [0.25, 0.3) is 0 Å². The minimum Gasteiger partial charge on any atom is -0.358 e. The Balaban J connectivity index is 2.31. The lowest BCUT2D eigenvalue weighted by Gasteiger charge is -2.19. The first-order valence-electron chi connectivity index (χ1n) is 3.92. The highest BCUT2D eigenvalue weighted by Gasteiger charge is 2.21. The first-order chi connectivity index (χ1) is 5.34. The fourth-order valence-electron chi connectivity index (χ4n) is 1.28. The summed E-state index contributed by atoms with van der Waals surface area (Å²) in [5.74, 6) is 2.58. The van der Waals surface area contributed by atoms with Crippen molar-refractivity contribution in [2.75, 3.05) is 6.61 Å². The maximum Gasteiger partial charge on any atom is 0.161 e. The molecule has 0 N–H and O–H groups in total. The summed E-state index contributed by atoms with van der Waals surface area (Å²) >= 11 is 0. The van der Waals surface area contributed by atoms with Gasteiger partial charge in [-0.05, 0) is 19.3 Å². The van der Waals surface area contributed by atoms with Gasteiger partial charge >= 0.3 is 0 Å². The zero-order chi connectivity index (χ0) is 8.10. The van der Waals surface area contributed by atoms with E-state index in [4.69, 9.17) is 11.2 Å². The Bertz CT molecular complexity index is 178. The molecule has 0 aromatic heterocycles. The van der Waals surface area contributed by atoms with Crippen molar-refractivity contribution in [3.8, 4) is 12.3 Å². The Hall–Kier alpha value is -0.810. The van der Waals surface area contributed by atoms with Crippen LogP contribution in [0.2, 0.25) is 0 Å². The van der Waals surface area contributed by atoms with Crippen LogP contribution in [0.15, 0.2) is 0 Å². The van der Waals surface area contributed by atoms with Crippen molar-refractivity contribution in [2.24, 2.45) is 0 Å². The summed E-state index contributed by atoms with van der Waals surface area (Å²) in [7, 11) is 0. The highest BCUT2D eigenvalue weighted by atomic mass is 16.5. The van der Waals surface area contributed by atoms with Crippen molar-refractivity contribution < 1.29 is 9.53 Å². The van der Waals surface area contributed by atoms with Crippen LogP contribution in [0, 0.1) is 12.3 Å². The molecule has 0 radical (unpaired) electrons. The number of Topliss-reactive ketones (excluding diaryl/α,β-unsaturated/α-hetero) is 1. The molecule has 2 nitrogen and oxygen atoms in total. The second-order valence-corrected chi connectivity index (χ2v) is 2.72. The Morgan fingerprint density at radius 1 is 1.64 bits per heavy atom. The van der Waals surface area contributed by atoms with Crippen molar-refractivity contribution >= 4 is 5.78 Å². The molecule has 0 heterocycles. The van der Waals surface area contributed by atoms with Gasteiger partial charge in [-0.15, -0.1) is 6.42 Å². The number of hydrogen-bond donors (Lipinski definition) is 0. The largest absolute Gasteiger partial charge is 0.358 e. The van der Waals surface area contributed by atoms with Crippen LogP contribution >= 0.6 is 0 Å². The summed E-state index contributed by atoms with van der Waals surface area (Å²) in [6.07, 6.45) is 8.40. The molecule has 0 amide bonds. The van der Waals surface area contributed by atoms with E-state index in [1.165, 1.54) is 0 Å². The molecule has 0 bridgehead atoms. The first-order valence-corrected chi connectivity index (χ1v) is 3.92. The third-order valence-electron chi connectivity index (χ3n) is 1.87. The zero-order valence-electron chi connectivity index (χ0n) is 6.51. The second-order valence-electron chi connectivity index (χ2n) is 2.72. The lowest BCUT2D eigenvalue weighted by atomic mass is 9.96. The highest BCUT2D eigenvalue weighted by Crippen LogP contribution is 2.16. The molecular formula is C9H12O2. The van der Waals surface area contributed by atoms with Crippen LogP contribution in [0.3, 0.4) is 0 Å². The fourth-order valence-corrected chi connectivity index (χ4v) is 1.28. The number of rotatable bonds is 2. The number of ketones is 1. The van der Waals surface area contributed by atoms with Gasteiger partial charge in [0, 0.05) is 6.42 Å². The standard InChI is InChI=1S/C9H12O2/c1-2-7-11-9-6-4-3-5-8(9)10/h1,9H,3-7H2/t9-/m1/s1. The number of terminal acetylenes is 1. The SMILES string of the molecule is C#CCO[C@@H]1CCCCC1=O. The molecule has 11 heavy (non-hydrogen) atoms. The van der Waals surface area contributed by atoms with Gasteiger partial charge in [-0.2, -0.15) is 0 Å². The van der Waals surface area contributed by atoms with Crippen LogP contribution in [0.4, 0.5) is 0 Å². The Morgan fingerprint density at radius 2 is 2.45 bits per heavy atom. The Kier molecular flexibility index (Phi) is 3.13. The molecular weight excluding hydrogens is 140 g/mol. The van der Waals surface area contributed by atoms with E-state index in [0.29, 0.717) is 6.42 Å². The van der Waals surface area contributed by atoms with Crippen LogP contribution in [-0.4, -0.2) is 18.5 Å². The maximum absolute atomic E-state index is 11.1. The topological polar surface area (TPSA) is 26.3 Å². The Labute approximate surface area is 66.9 Å². The van der Waals surface area contributed by atoms with Gasteiger partial charge in [0.2, 0.25) is 0 Å². The summed E-state index contributed by atoms with van der Waals surface area (Å²) in [6.45, 7) is 0.260. The highest BCUT2D eigenvalue weighted by molar-refractivity contribution is 5.83. The number of hydrogen-bond acceptors (Lipinski definition) is 2. The molecule has 0 saturated heterocycles. The molecule has 1 aliphatic carbocycles. The zero-order valence-corrected chi connectivity index (χ0v) is 6.51. The van der Waals surface area contributed by atoms with Gasteiger partial charge in [0.1, 0.15) is 12.7 Å². The predicted molar refractivity (Wildman–Crippen MR) is 42.0 cm³/mol. The van der Waals surface area contributed by atoms with Crippen LogP contribution in [0.5, 0.6) is 0 Å². The van der Waals surface area contributed by atoms with Crippen LogP contribution in [-0.2, 0) is 9.53 Å². The molecule has 2 heteroatoms. The van der Waals surface area contributed by atoms with Crippen molar-refractivity contribution in [1.29, 1.82) is 0 Å². The number of carbonyl (C=O) groups is 1. The normalized spacial score (nSPS) is 24.6. The number of carbonyl (C=O) groups excluding carboxylic acids is 1. The molecule has 1 saturated carbocycles. The van der Waals surface area contributed by atoms with Crippen LogP contribution in [0.1, 0.15) is 25.7 Å². The molecule has 1 fully saturated rings. The van der Waals surface area contributed by atoms with E-state index in [1.807, 2.05) is 0 Å². The third-order valence-corrected chi connectivity index (χ3v) is 1.87. The van der Waals surface area contributed by atoms with Gasteiger partial charge in [0.15, 0.2) is 5.78 Å². The van der Waals surface area contributed by atoms with Gasteiger partial charge < -0.3 is 4.74 Å². The van der Waals surface area contributed by atoms with E-state index in [9.17, 15) is 4.79 Å². The molecule has 0 aliphatic heterocycles. The summed E-state index contributed by atoms with van der Waals surface area (Å²) in [5, 5.41) is 0.